The highest BCUT2D eigenvalue weighted by atomic mass is 32.2. The molecule has 2 aromatic carbocycles. The second-order valence-corrected chi connectivity index (χ2v) is 8.32. The second-order valence-electron chi connectivity index (χ2n) is 7.30. The zero-order valence-corrected chi connectivity index (χ0v) is 17.4. The van der Waals surface area contributed by atoms with Crippen LogP contribution in [0.15, 0.2) is 59.5 Å². The number of hydrogen-bond donors (Lipinski definition) is 2. The van der Waals surface area contributed by atoms with E-state index in [-0.39, 0.29) is 11.8 Å². The quantitative estimate of drug-likeness (QED) is 0.475. The number of benzene rings is 2. The van der Waals surface area contributed by atoms with Crippen molar-refractivity contribution in [2.24, 2.45) is 5.92 Å². The van der Waals surface area contributed by atoms with Gasteiger partial charge in [0.05, 0.1) is 17.9 Å². The van der Waals surface area contributed by atoms with Gasteiger partial charge in [-0.05, 0) is 36.5 Å². The zero-order valence-electron chi connectivity index (χ0n) is 16.6. The third-order valence-electron chi connectivity index (χ3n) is 5.05. The van der Waals surface area contributed by atoms with Crippen LogP contribution in [0.1, 0.15) is 48.0 Å². The van der Waals surface area contributed by atoms with Crippen molar-refractivity contribution in [3.8, 4) is 0 Å². The van der Waals surface area contributed by atoms with Gasteiger partial charge in [-0.1, -0.05) is 61.7 Å². The Morgan fingerprint density at radius 1 is 0.966 bits per heavy atom. The number of amides is 2. The van der Waals surface area contributed by atoms with E-state index >= 15 is 0 Å². The Bertz CT molecular complexity index is 792. The third kappa shape index (κ3) is 7.22. The van der Waals surface area contributed by atoms with E-state index < -0.39 is 0 Å². The lowest BCUT2D eigenvalue weighted by molar-refractivity contribution is -0.118. The van der Waals surface area contributed by atoms with Crippen LogP contribution in [0.2, 0.25) is 0 Å². The highest BCUT2D eigenvalue weighted by Gasteiger charge is 2.16. The van der Waals surface area contributed by atoms with Crippen LogP contribution in [0.5, 0.6) is 0 Å². The van der Waals surface area contributed by atoms with Crippen molar-refractivity contribution < 1.29 is 14.4 Å². The molecule has 1 aliphatic rings. The molecule has 2 aromatic rings. The highest BCUT2D eigenvalue weighted by molar-refractivity contribution is 8.00. The van der Waals surface area contributed by atoms with Crippen molar-refractivity contribution in [1.82, 2.24) is 10.8 Å². The van der Waals surface area contributed by atoms with E-state index in [9.17, 15) is 9.59 Å². The number of rotatable bonds is 9. The van der Waals surface area contributed by atoms with Crippen LogP contribution in [0.25, 0.3) is 0 Å². The lowest BCUT2D eigenvalue weighted by Crippen LogP contribution is -2.31. The summed E-state index contributed by atoms with van der Waals surface area (Å²) in [6.07, 6.45) is 6.27. The van der Waals surface area contributed by atoms with E-state index in [2.05, 4.69) is 10.8 Å². The molecule has 6 heteroatoms. The van der Waals surface area contributed by atoms with E-state index in [4.69, 9.17) is 4.84 Å². The molecule has 0 unspecified atom stereocenters. The van der Waals surface area contributed by atoms with Gasteiger partial charge < -0.3 is 5.32 Å². The molecule has 1 saturated carbocycles. The van der Waals surface area contributed by atoms with Gasteiger partial charge in [-0.2, -0.15) is 0 Å². The first-order chi connectivity index (χ1) is 14.2. The smallest absolute Gasteiger partial charge is 0.275 e. The van der Waals surface area contributed by atoms with E-state index in [1.165, 1.54) is 43.9 Å². The first-order valence-electron chi connectivity index (χ1n) is 10.2. The molecule has 1 aliphatic carbocycles. The summed E-state index contributed by atoms with van der Waals surface area (Å²) in [6.45, 7) is 1.06. The SMILES string of the molecule is O=C(CSc1ccccc1C(=O)NOCc1ccccc1)NCC1CCCCC1. The topological polar surface area (TPSA) is 67.4 Å². The van der Waals surface area contributed by atoms with Gasteiger partial charge in [-0.25, -0.2) is 5.48 Å². The Labute approximate surface area is 176 Å². The molecule has 29 heavy (non-hydrogen) atoms. The normalized spacial score (nSPS) is 14.3. The van der Waals surface area contributed by atoms with Crippen LogP contribution in [-0.2, 0) is 16.2 Å². The minimum Gasteiger partial charge on any atom is -0.355 e. The molecular weight excluding hydrogens is 384 g/mol. The minimum atomic E-state index is -0.313. The van der Waals surface area contributed by atoms with Crippen molar-refractivity contribution in [1.29, 1.82) is 0 Å². The second kappa shape index (κ2) is 11.6. The van der Waals surface area contributed by atoms with Crippen molar-refractivity contribution in [3.63, 3.8) is 0 Å². The van der Waals surface area contributed by atoms with Crippen molar-refractivity contribution in [3.05, 3.63) is 65.7 Å². The third-order valence-corrected chi connectivity index (χ3v) is 6.12. The Balaban J connectivity index is 1.45. The molecule has 2 amide bonds. The summed E-state index contributed by atoms with van der Waals surface area (Å²) >= 11 is 1.37. The molecule has 3 rings (SSSR count). The van der Waals surface area contributed by atoms with Crippen molar-refractivity contribution in [2.75, 3.05) is 12.3 Å². The zero-order chi connectivity index (χ0) is 20.3. The lowest BCUT2D eigenvalue weighted by atomic mass is 9.89. The summed E-state index contributed by atoms with van der Waals surface area (Å²) < 4.78 is 0. The van der Waals surface area contributed by atoms with Gasteiger partial charge in [-0.3, -0.25) is 14.4 Å². The number of carbonyl (C=O) groups is 2. The fourth-order valence-electron chi connectivity index (χ4n) is 3.44. The first kappa shape index (κ1) is 21.4. The Hall–Kier alpha value is -2.31. The molecule has 0 aliphatic heterocycles. The summed E-state index contributed by atoms with van der Waals surface area (Å²) in [5.41, 5.74) is 3.97. The maximum absolute atomic E-state index is 12.5. The molecule has 1 fully saturated rings. The van der Waals surface area contributed by atoms with Crippen LogP contribution in [0.3, 0.4) is 0 Å². The van der Waals surface area contributed by atoms with Crippen LogP contribution >= 0.6 is 11.8 Å². The van der Waals surface area contributed by atoms with E-state index in [1.54, 1.807) is 12.1 Å². The van der Waals surface area contributed by atoms with Crippen LogP contribution < -0.4 is 10.8 Å². The Kier molecular flexibility index (Phi) is 8.58. The molecule has 5 nitrogen and oxygen atoms in total. The van der Waals surface area contributed by atoms with Gasteiger partial charge in [-0.15, -0.1) is 11.8 Å². The molecule has 154 valence electrons. The Morgan fingerprint density at radius 2 is 1.69 bits per heavy atom. The number of hydroxylamine groups is 1. The van der Waals surface area contributed by atoms with E-state index in [1.807, 2.05) is 42.5 Å². The van der Waals surface area contributed by atoms with Gasteiger partial charge in [0.2, 0.25) is 5.91 Å². The summed E-state index contributed by atoms with van der Waals surface area (Å²) in [6, 6.07) is 16.9. The fraction of sp³-hybridized carbons (Fsp3) is 0.391. The fourth-order valence-corrected chi connectivity index (χ4v) is 4.32. The molecule has 0 aromatic heterocycles. The molecule has 0 heterocycles. The van der Waals surface area contributed by atoms with Crippen molar-refractivity contribution in [2.45, 2.75) is 43.6 Å². The van der Waals surface area contributed by atoms with Gasteiger partial charge in [0, 0.05) is 11.4 Å². The maximum Gasteiger partial charge on any atom is 0.275 e. The number of carbonyl (C=O) groups excluding carboxylic acids is 2. The summed E-state index contributed by atoms with van der Waals surface area (Å²) in [5.74, 6) is 0.599. The van der Waals surface area contributed by atoms with E-state index in [0.717, 1.165) is 17.0 Å². The monoisotopic (exact) mass is 412 g/mol. The summed E-state index contributed by atoms with van der Waals surface area (Å²) in [4.78, 5) is 30.8. The predicted molar refractivity (Wildman–Crippen MR) is 115 cm³/mol. The standard InChI is InChI=1S/C23H28N2O3S/c26-22(24-15-18-9-3-1-4-10-18)17-29-21-14-8-7-13-20(21)23(27)25-28-16-19-11-5-2-6-12-19/h2,5-8,11-14,18H,1,3-4,9-10,15-17H2,(H,24,26)(H,25,27). The molecule has 0 spiro atoms. The van der Waals surface area contributed by atoms with Gasteiger partial charge >= 0.3 is 0 Å². The van der Waals surface area contributed by atoms with Crippen molar-refractivity contribution >= 4 is 23.6 Å². The van der Waals surface area contributed by atoms with Crippen LogP contribution in [-0.4, -0.2) is 24.1 Å². The van der Waals surface area contributed by atoms with Crippen LogP contribution in [0.4, 0.5) is 0 Å². The molecule has 0 radical (unpaired) electrons. The lowest BCUT2D eigenvalue weighted by Gasteiger charge is -2.21. The summed E-state index contributed by atoms with van der Waals surface area (Å²) in [7, 11) is 0. The molecule has 0 saturated heterocycles. The first-order valence-corrected chi connectivity index (χ1v) is 11.2. The van der Waals surface area contributed by atoms with E-state index in [0.29, 0.717) is 23.8 Å². The predicted octanol–water partition coefficient (Wildman–Crippen LogP) is 4.34. The van der Waals surface area contributed by atoms with Gasteiger partial charge in [0.15, 0.2) is 0 Å². The average Bonchev–Trinajstić information content (AvgIpc) is 2.78. The van der Waals surface area contributed by atoms with Gasteiger partial charge in [0.1, 0.15) is 0 Å². The molecule has 0 atom stereocenters. The highest BCUT2D eigenvalue weighted by Crippen LogP contribution is 2.24. The number of thioether (sulfide) groups is 1. The number of nitrogens with one attached hydrogen (secondary N) is 2. The largest absolute Gasteiger partial charge is 0.355 e. The average molecular weight is 413 g/mol. The Morgan fingerprint density at radius 3 is 2.48 bits per heavy atom. The number of hydrogen-bond acceptors (Lipinski definition) is 4. The maximum atomic E-state index is 12.5. The van der Waals surface area contributed by atoms with Crippen LogP contribution in [0, 0.1) is 5.92 Å². The minimum absolute atomic E-state index is 0.0103. The summed E-state index contributed by atoms with van der Waals surface area (Å²) in [5, 5.41) is 3.04. The molecule has 2 N–H and O–H groups in total. The van der Waals surface area contributed by atoms with Gasteiger partial charge in [0.25, 0.3) is 5.91 Å². The molecular formula is C23H28N2O3S. The molecule has 0 bridgehead atoms.